The van der Waals surface area contributed by atoms with Crippen LogP contribution < -0.4 is 5.32 Å². The maximum atomic E-state index is 12.1. The van der Waals surface area contributed by atoms with E-state index in [1.165, 1.54) is 22.3 Å². The summed E-state index contributed by atoms with van der Waals surface area (Å²) in [7, 11) is 0. The highest BCUT2D eigenvalue weighted by atomic mass is 79.9. The first-order chi connectivity index (χ1) is 14.1. The summed E-state index contributed by atoms with van der Waals surface area (Å²) in [5.74, 6) is 0.0512. The van der Waals surface area contributed by atoms with Crippen molar-refractivity contribution >= 4 is 39.7 Å². The SMILES string of the molecule is O=C(NCC=Cc1cc(Br)cnc1Cl)OCC1c2ccccc2-c2ccccc21. The molecule has 1 amide bonds. The monoisotopic (exact) mass is 468 g/mol. The Hall–Kier alpha value is -2.63. The van der Waals surface area contributed by atoms with Crippen molar-refractivity contribution in [2.75, 3.05) is 13.2 Å². The summed E-state index contributed by atoms with van der Waals surface area (Å²) >= 11 is 9.41. The number of ether oxygens (including phenoxy) is 1. The number of hydrogen-bond acceptors (Lipinski definition) is 3. The molecule has 4 nitrogen and oxygen atoms in total. The molecule has 0 bridgehead atoms. The van der Waals surface area contributed by atoms with E-state index in [0.717, 1.165) is 10.0 Å². The van der Waals surface area contributed by atoms with Crippen LogP contribution in [-0.2, 0) is 4.74 Å². The van der Waals surface area contributed by atoms with Crippen LogP contribution in [0, 0.1) is 0 Å². The number of carbonyl (C=O) groups excluding carboxylic acids is 1. The third kappa shape index (κ3) is 4.36. The van der Waals surface area contributed by atoms with Crippen molar-refractivity contribution in [2.24, 2.45) is 0 Å². The first-order valence-electron chi connectivity index (χ1n) is 9.20. The van der Waals surface area contributed by atoms with Crippen molar-refractivity contribution in [3.63, 3.8) is 0 Å². The number of aromatic nitrogens is 1. The van der Waals surface area contributed by atoms with Crippen molar-refractivity contribution in [2.45, 2.75) is 5.92 Å². The summed E-state index contributed by atoms with van der Waals surface area (Å²) < 4.78 is 6.34. The third-order valence-corrected chi connectivity index (χ3v) is 5.59. The Kier molecular flexibility index (Phi) is 5.97. The number of amides is 1. The molecule has 1 aromatic heterocycles. The molecule has 3 aromatic rings. The molecule has 0 atom stereocenters. The van der Waals surface area contributed by atoms with Crippen LogP contribution in [0.15, 0.2) is 71.3 Å². The number of hydrogen-bond donors (Lipinski definition) is 1. The summed E-state index contributed by atoms with van der Waals surface area (Å²) in [4.78, 5) is 16.2. The molecule has 1 heterocycles. The average Bonchev–Trinajstić information content (AvgIpc) is 3.06. The van der Waals surface area contributed by atoms with E-state index in [1.807, 2.05) is 36.4 Å². The molecule has 1 aliphatic carbocycles. The second-order valence-electron chi connectivity index (χ2n) is 6.64. The molecule has 146 valence electrons. The van der Waals surface area contributed by atoms with Crippen LogP contribution in [0.5, 0.6) is 0 Å². The van der Waals surface area contributed by atoms with Crippen LogP contribution in [-0.4, -0.2) is 24.2 Å². The largest absolute Gasteiger partial charge is 0.449 e. The average molecular weight is 470 g/mol. The lowest BCUT2D eigenvalue weighted by Gasteiger charge is -2.14. The van der Waals surface area contributed by atoms with E-state index < -0.39 is 6.09 Å². The molecule has 4 rings (SSSR count). The van der Waals surface area contributed by atoms with Crippen molar-refractivity contribution in [1.82, 2.24) is 10.3 Å². The summed E-state index contributed by atoms with van der Waals surface area (Å²) in [5.41, 5.74) is 5.57. The minimum atomic E-state index is -0.449. The van der Waals surface area contributed by atoms with Crippen LogP contribution in [0.3, 0.4) is 0 Å². The van der Waals surface area contributed by atoms with Crippen LogP contribution in [0.4, 0.5) is 4.79 Å². The van der Waals surface area contributed by atoms with Crippen molar-refractivity contribution < 1.29 is 9.53 Å². The van der Waals surface area contributed by atoms with Gasteiger partial charge in [0.2, 0.25) is 0 Å². The molecule has 1 N–H and O–H groups in total. The molecule has 29 heavy (non-hydrogen) atoms. The van der Waals surface area contributed by atoms with Gasteiger partial charge in [-0.25, -0.2) is 9.78 Å². The lowest BCUT2D eigenvalue weighted by molar-refractivity contribution is 0.144. The Labute approximate surface area is 182 Å². The van der Waals surface area contributed by atoms with Crippen molar-refractivity contribution in [3.05, 3.63) is 93.2 Å². The zero-order valence-corrected chi connectivity index (χ0v) is 17.8. The van der Waals surface area contributed by atoms with Gasteiger partial charge in [-0.15, -0.1) is 0 Å². The van der Waals surface area contributed by atoms with Crippen LogP contribution in [0.2, 0.25) is 5.15 Å². The van der Waals surface area contributed by atoms with Gasteiger partial charge in [-0.3, -0.25) is 0 Å². The number of halogens is 2. The summed E-state index contributed by atoms with van der Waals surface area (Å²) in [6, 6.07) is 18.4. The Morgan fingerprint density at radius 1 is 1.14 bits per heavy atom. The smallest absolute Gasteiger partial charge is 0.407 e. The van der Waals surface area contributed by atoms with E-state index in [2.05, 4.69) is 50.5 Å². The number of nitrogens with one attached hydrogen (secondary N) is 1. The minimum absolute atomic E-state index is 0.0512. The third-order valence-electron chi connectivity index (χ3n) is 4.84. The highest BCUT2D eigenvalue weighted by molar-refractivity contribution is 9.10. The number of benzene rings is 2. The van der Waals surface area contributed by atoms with Gasteiger partial charge in [0.25, 0.3) is 0 Å². The molecule has 0 saturated carbocycles. The normalized spacial score (nSPS) is 12.6. The molecule has 0 saturated heterocycles. The number of carbonyl (C=O) groups is 1. The van der Waals surface area contributed by atoms with Crippen LogP contribution in [0.25, 0.3) is 17.2 Å². The van der Waals surface area contributed by atoms with E-state index in [-0.39, 0.29) is 5.92 Å². The van der Waals surface area contributed by atoms with Gasteiger partial charge >= 0.3 is 6.09 Å². The fraction of sp³-hybridized carbons (Fsp3) is 0.130. The molecule has 0 spiro atoms. The molecule has 6 heteroatoms. The van der Waals surface area contributed by atoms with E-state index in [1.54, 1.807) is 12.3 Å². The minimum Gasteiger partial charge on any atom is -0.449 e. The van der Waals surface area contributed by atoms with Gasteiger partial charge in [0.1, 0.15) is 11.8 Å². The van der Waals surface area contributed by atoms with Gasteiger partial charge in [0.05, 0.1) is 0 Å². The first kappa shape index (κ1) is 19.7. The van der Waals surface area contributed by atoms with E-state index >= 15 is 0 Å². The van der Waals surface area contributed by atoms with E-state index in [9.17, 15) is 4.79 Å². The predicted octanol–water partition coefficient (Wildman–Crippen LogP) is 6.05. The number of fused-ring (bicyclic) bond motifs is 3. The van der Waals surface area contributed by atoms with Crippen LogP contribution >= 0.6 is 27.5 Å². The summed E-state index contributed by atoms with van der Waals surface area (Å²) in [6.07, 6.45) is 4.80. The quantitative estimate of drug-likeness (QED) is 0.463. The van der Waals surface area contributed by atoms with Gasteiger partial charge < -0.3 is 10.1 Å². The van der Waals surface area contributed by atoms with Gasteiger partial charge in [-0.05, 0) is 44.3 Å². The fourth-order valence-corrected chi connectivity index (χ4v) is 4.05. The fourth-order valence-electron chi connectivity index (χ4n) is 3.53. The highest BCUT2D eigenvalue weighted by Gasteiger charge is 2.28. The summed E-state index contributed by atoms with van der Waals surface area (Å²) in [5, 5.41) is 3.14. The standard InChI is InChI=1S/C23H18BrClN2O2/c24-16-12-15(22(25)27-13-16)6-5-11-26-23(28)29-14-21-19-9-3-1-7-17(19)18-8-2-4-10-20(18)21/h1-10,12-13,21H,11,14H2,(H,26,28). The van der Waals surface area contributed by atoms with Gasteiger partial charge in [0, 0.05) is 28.7 Å². The highest BCUT2D eigenvalue weighted by Crippen LogP contribution is 2.44. The number of nitrogens with zero attached hydrogens (tertiary/aromatic N) is 1. The van der Waals surface area contributed by atoms with E-state index in [4.69, 9.17) is 16.3 Å². The molecule has 0 unspecified atom stereocenters. The number of rotatable bonds is 5. The number of pyridine rings is 1. The second kappa shape index (κ2) is 8.80. The molecular weight excluding hydrogens is 452 g/mol. The molecule has 1 aliphatic rings. The van der Waals surface area contributed by atoms with Crippen molar-refractivity contribution in [1.29, 1.82) is 0 Å². The number of alkyl carbamates (subject to hydrolysis) is 1. The Morgan fingerprint density at radius 3 is 2.48 bits per heavy atom. The lowest BCUT2D eigenvalue weighted by atomic mass is 9.98. The topological polar surface area (TPSA) is 51.2 Å². The van der Waals surface area contributed by atoms with Gasteiger partial charge in [0.15, 0.2) is 0 Å². The van der Waals surface area contributed by atoms with Gasteiger partial charge in [-0.2, -0.15) is 0 Å². The zero-order chi connectivity index (χ0) is 20.2. The Bertz CT molecular complexity index is 1040. The lowest BCUT2D eigenvalue weighted by Crippen LogP contribution is -2.26. The van der Waals surface area contributed by atoms with Crippen molar-refractivity contribution in [3.8, 4) is 11.1 Å². The van der Waals surface area contributed by atoms with E-state index in [0.29, 0.717) is 18.3 Å². The molecule has 2 aromatic carbocycles. The predicted molar refractivity (Wildman–Crippen MR) is 119 cm³/mol. The molecule has 0 aliphatic heterocycles. The maximum Gasteiger partial charge on any atom is 0.407 e. The first-order valence-corrected chi connectivity index (χ1v) is 10.4. The Balaban J connectivity index is 1.34. The maximum absolute atomic E-state index is 12.1. The molecule has 0 fully saturated rings. The zero-order valence-electron chi connectivity index (χ0n) is 15.4. The summed E-state index contributed by atoms with van der Waals surface area (Å²) in [6.45, 7) is 0.629. The van der Waals surface area contributed by atoms with Crippen LogP contribution in [0.1, 0.15) is 22.6 Å². The molecular formula is C23H18BrClN2O2. The Morgan fingerprint density at radius 2 is 1.79 bits per heavy atom. The van der Waals surface area contributed by atoms with Gasteiger partial charge in [-0.1, -0.05) is 72.3 Å². The second-order valence-corrected chi connectivity index (χ2v) is 7.92. The molecule has 0 radical (unpaired) electrons.